The van der Waals surface area contributed by atoms with E-state index in [0.29, 0.717) is 17.9 Å². The predicted octanol–water partition coefficient (Wildman–Crippen LogP) is 2.16. The van der Waals surface area contributed by atoms with Crippen molar-refractivity contribution in [2.24, 2.45) is 7.05 Å². The summed E-state index contributed by atoms with van der Waals surface area (Å²) < 4.78 is 28.9. The van der Waals surface area contributed by atoms with Crippen molar-refractivity contribution in [3.05, 3.63) is 53.3 Å². The molecule has 1 N–H and O–H groups in total. The molecule has 0 atom stereocenters. The maximum atomic E-state index is 12.2. The number of benzene rings is 1. The van der Waals surface area contributed by atoms with Gasteiger partial charge in [0, 0.05) is 26.0 Å². The summed E-state index contributed by atoms with van der Waals surface area (Å²) in [6.07, 6.45) is 4.63. The lowest BCUT2D eigenvalue weighted by Crippen LogP contribution is -2.26. The van der Waals surface area contributed by atoms with Crippen LogP contribution >= 0.6 is 0 Å². The van der Waals surface area contributed by atoms with Crippen molar-refractivity contribution in [2.45, 2.75) is 25.2 Å². The molecular weight excluding hydrogens is 272 g/mol. The van der Waals surface area contributed by atoms with Crippen LogP contribution in [-0.2, 0) is 23.5 Å². The Bertz CT molecular complexity index is 702. The van der Waals surface area contributed by atoms with E-state index in [1.807, 2.05) is 50.0 Å². The van der Waals surface area contributed by atoms with Crippen LogP contribution in [-0.4, -0.2) is 19.5 Å². The first-order valence-corrected chi connectivity index (χ1v) is 8.04. The van der Waals surface area contributed by atoms with Crippen LogP contribution in [0.5, 0.6) is 0 Å². The van der Waals surface area contributed by atoms with Crippen LogP contribution in [0.4, 0.5) is 0 Å². The molecule has 0 aliphatic heterocycles. The van der Waals surface area contributed by atoms with Crippen LogP contribution in [0.2, 0.25) is 0 Å². The molecule has 0 aliphatic rings. The molecule has 1 aromatic carbocycles. The molecule has 0 saturated carbocycles. The van der Waals surface area contributed by atoms with Gasteiger partial charge >= 0.3 is 0 Å². The Hall–Kier alpha value is -1.59. The van der Waals surface area contributed by atoms with Crippen LogP contribution in [0, 0.1) is 13.8 Å². The third-order valence-electron chi connectivity index (χ3n) is 3.39. The van der Waals surface area contributed by atoms with E-state index in [-0.39, 0.29) is 0 Å². The fraction of sp³-hybridized carbons (Fsp3) is 0.333. The van der Waals surface area contributed by atoms with Crippen molar-refractivity contribution in [2.75, 3.05) is 6.54 Å². The molecule has 5 heteroatoms. The molecule has 2 aromatic rings. The zero-order valence-corrected chi connectivity index (χ0v) is 12.9. The van der Waals surface area contributed by atoms with E-state index in [2.05, 4.69) is 4.72 Å². The first-order valence-electron chi connectivity index (χ1n) is 6.56. The zero-order chi connectivity index (χ0) is 14.8. The van der Waals surface area contributed by atoms with Gasteiger partial charge in [-0.25, -0.2) is 13.1 Å². The summed E-state index contributed by atoms with van der Waals surface area (Å²) in [7, 11) is -1.47. The Labute approximate surface area is 120 Å². The van der Waals surface area contributed by atoms with Crippen molar-refractivity contribution < 1.29 is 8.42 Å². The molecule has 1 aromatic heterocycles. The number of hydrogen-bond donors (Lipinski definition) is 1. The molecule has 0 amide bonds. The van der Waals surface area contributed by atoms with Gasteiger partial charge in [-0.3, -0.25) is 0 Å². The fourth-order valence-corrected chi connectivity index (χ4v) is 3.12. The topological polar surface area (TPSA) is 51.1 Å². The van der Waals surface area contributed by atoms with Gasteiger partial charge in [-0.2, -0.15) is 0 Å². The number of rotatable bonds is 5. The second-order valence-corrected chi connectivity index (χ2v) is 6.85. The monoisotopic (exact) mass is 292 g/mol. The average Bonchev–Trinajstić information content (AvgIpc) is 2.78. The van der Waals surface area contributed by atoms with Crippen LogP contribution < -0.4 is 4.72 Å². The van der Waals surface area contributed by atoms with Crippen molar-refractivity contribution in [1.82, 2.24) is 9.29 Å². The van der Waals surface area contributed by atoms with Gasteiger partial charge in [0.2, 0.25) is 10.0 Å². The van der Waals surface area contributed by atoms with Gasteiger partial charge in [0.05, 0.1) is 4.90 Å². The molecular formula is C15H20N2O2S. The third kappa shape index (κ3) is 3.49. The standard InChI is InChI=1S/C15H20N2O2S/c1-12-4-5-15(10-13(12)2)20(18,19)16-8-6-14-7-9-17(3)11-14/h4-5,7,9-11,16H,6,8H2,1-3H3. The SMILES string of the molecule is Cc1ccc(S(=O)(=O)NCCc2ccn(C)c2)cc1C. The van der Waals surface area contributed by atoms with Gasteiger partial charge < -0.3 is 4.57 Å². The molecule has 0 bridgehead atoms. The molecule has 0 saturated heterocycles. The second-order valence-electron chi connectivity index (χ2n) is 5.08. The normalized spacial score (nSPS) is 11.8. The Morgan fingerprint density at radius 2 is 1.90 bits per heavy atom. The average molecular weight is 292 g/mol. The molecule has 108 valence electrons. The van der Waals surface area contributed by atoms with E-state index in [9.17, 15) is 8.42 Å². The fourth-order valence-electron chi connectivity index (χ4n) is 2.00. The van der Waals surface area contributed by atoms with Crippen LogP contribution in [0.25, 0.3) is 0 Å². The van der Waals surface area contributed by atoms with Crippen molar-refractivity contribution in [3.8, 4) is 0 Å². The van der Waals surface area contributed by atoms with Crippen LogP contribution in [0.15, 0.2) is 41.6 Å². The summed E-state index contributed by atoms with van der Waals surface area (Å²) in [6.45, 7) is 4.28. The van der Waals surface area contributed by atoms with E-state index in [1.54, 1.807) is 12.1 Å². The maximum Gasteiger partial charge on any atom is 0.240 e. The summed E-state index contributed by atoms with van der Waals surface area (Å²) in [5.41, 5.74) is 3.19. The lowest BCUT2D eigenvalue weighted by atomic mass is 10.1. The van der Waals surface area contributed by atoms with Gasteiger partial charge in [0.1, 0.15) is 0 Å². The van der Waals surface area contributed by atoms with Crippen LogP contribution in [0.1, 0.15) is 16.7 Å². The first kappa shape index (κ1) is 14.8. The number of hydrogen-bond acceptors (Lipinski definition) is 2. The van der Waals surface area contributed by atoms with Gasteiger partial charge in [0.15, 0.2) is 0 Å². The van der Waals surface area contributed by atoms with Gasteiger partial charge in [0.25, 0.3) is 0 Å². The summed E-state index contributed by atoms with van der Waals surface area (Å²) in [6, 6.07) is 7.18. The van der Waals surface area contributed by atoms with Crippen molar-refractivity contribution in [3.63, 3.8) is 0 Å². The van der Waals surface area contributed by atoms with E-state index in [0.717, 1.165) is 16.7 Å². The smallest absolute Gasteiger partial charge is 0.240 e. The quantitative estimate of drug-likeness (QED) is 0.918. The van der Waals surface area contributed by atoms with Crippen LogP contribution in [0.3, 0.4) is 0 Å². The molecule has 20 heavy (non-hydrogen) atoms. The molecule has 0 fully saturated rings. The Morgan fingerprint density at radius 3 is 2.50 bits per heavy atom. The summed E-state index contributed by atoms with van der Waals surface area (Å²) in [5.74, 6) is 0. The third-order valence-corrected chi connectivity index (χ3v) is 4.85. The van der Waals surface area contributed by atoms with E-state index in [4.69, 9.17) is 0 Å². The highest BCUT2D eigenvalue weighted by atomic mass is 32.2. The minimum absolute atomic E-state index is 0.327. The van der Waals surface area contributed by atoms with E-state index in [1.165, 1.54) is 0 Å². The number of nitrogens with one attached hydrogen (secondary N) is 1. The molecule has 0 unspecified atom stereocenters. The highest BCUT2D eigenvalue weighted by Gasteiger charge is 2.13. The van der Waals surface area contributed by atoms with E-state index < -0.39 is 10.0 Å². The van der Waals surface area contributed by atoms with Crippen molar-refractivity contribution in [1.29, 1.82) is 0 Å². The Kier molecular flexibility index (Phi) is 4.30. The largest absolute Gasteiger partial charge is 0.357 e. The summed E-state index contributed by atoms with van der Waals surface area (Å²) in [4.78, 5) is 0.327. The zero-order valence-electron chi connectivity index (χ0n) is 12.1. The predicted molar refractivity (Wildman–Crippen MR) is 80.2 cm³/mol. The lowest BCUT2D eigenvalue weighted by Gasteiger charge is -2.08. The molecule has 0 spiro atoms. The number of nitrogens with zero attached hydrogens (tertiary/aromatic N) is 1. The van der Waals surface area contributed by atoms with Gasteiger partial charge in [-0.05, 0) is 55.2 Å². The highest BCUT2D eigenvalue weighted by molar-refractivity contribution is 7.89. The van der Waals surface area contributed by atoms with Gasteiger partial charge in [-0.1, -0.05) is 6.07 Å². The number of aromatic nitrogens is 1. The molecule has 4 nitrogen and oxygen atoms in total. The lowest BCUT2D eigenvalue weighted by molar-refractivity contribution is 0.581. The minimum atomic E-state index is -3.42. The number of sulfonamides is 1. The van der Waals surface area contributed by atoms with Gasteiger partial charge in [-0.15, -0.1) is 0 Å². The molecule has 1 heterocycles. The second kappa shape index (κ2) is 5.81. The van der Waals surface area contributed by atoms with Crippen molar-refractivity contribution >= 4 is 10.0 Å². The minimum Gasteiger partial charge on any atom is -0.357 e. The maximum absolute atomic E-state index is 12.2. The Balaban J connectivity index is 2.02. The molecule has 0 aliphatic carbocycles. The highest BCUT2D eigenvalue weighted by Crippen LogP contribution is 2.14. The molecule has 2 rings (SSSR count). The first-order chi connectivity index (χ1) is 9.38. The van der Waals surface area contributed by atoms with E-state index >= 15 is 0 Å². The number of aryl methyl sites for hydroxylation is 3. The summed E-state index contributed by atoms with van der Waals surface area (Å²) >= 11 is 0. The summed E-state index contributed by atoms with van der Waals surface area (Å²) in [5, 5.41) is 0. The Morgan fingerprint density at radius 1 is 1.15 bits per heavy atom. The molecule has 0 radical (unpaired) electrons.